The third-order valence-corrected chi connectivity index (χ3v) is 8.64. The average molecular weight is 590 g/mol. The Hall–Kier alpha value is -2.80. The number of allylic oxidation sites excluding steroid dienone is 1. The number of ether oxygens (including phenoxy) is 1. The maximum Gasteiger partial charge on any atom is 0.338 e. The number of fused-ring (bicyclic) bond motifs is 1. The lowest BCUT2D eigenvalue weighted by Gasteiger charge is -2.23. The number of nitrogens with zero attached hydrogens (tertiary/aromatic N) is 4. The summed E-state index contributed by atoms with van der Waals surface area (Å²) < 4.78 is 14.0. The van der Waals surface area contributed by atoms with Crippen LogP contribution in [-0.2, 0) is 9.53 Å². The van der Waals surface area contributed by atoms with Gasteiger partial charge in [-0.3, -0.25) is 9.36 Å². The molecule has 0 saturated carbocycles. The second-order valence-corrected chi connectivity index (χ2v) is 11.0. The first-order valence-corrected chi connectivity index (χ1v) is 13.7. The van der Waals surface area contributed by atoms with Crippen molar-refractivity contribution in [3.8, 4) is 0 Å². The van der Waals surface area contributed by atoms with Gasteiger partial charge in [-0.2, -0.15) is 0 Å². The molecule has 4 aromatic heterocycles. The molecule has 5 heterocycles. The molecule has 1 atom stereocenters. The third kappa shape index (κ3) is 4.70. The average Bonchev–Trinajstić information content (AvgIpc) is 3.55. The van der Waals surface area contributed by atoms with Gasteiger partial charge in [0.2, 0.25) is 0 Å². The van der Waals surface area contributed by atoms with Gasteiger partial charge in [0.25, 0.3) is 5.56 Å². The summed E-state index contributed by atoms with van der Waals surface area (Å²) >= 11 is 7.50. The Balaban J connectivity index is 1.59. The van der Waals surface area contributed by atoms with Crippen LogP contribution >= 0.6 is 50.4 Å². The van der Waals surface area contributed by atoms with E-state index in [0.717, 1.165) is 9.35 Å². The van der Waals surface area contributed by atoms with Crippen molar-refractivity contribution in [1.29, 1.82) is 0 Å². The zero-order valence-corrected chi connectivity index (χ0v) is 22.5. The highest BCUT2D eigenvalue weighted by atomic mass is 79.9. The van der Waals surface area contributed by atoms with Crippen LogP contribution in [-0.4, -0.2) is 27.1 Å². The quantitative estimate of drug-likeness (QED) is 0.246. The second kappa shape index (κ2) is 10.1. The minimum atomic E-state index is -0.600. The fourth-order valence-corrected chi connectivity index (χ4v) is 6.65. The molecule has 1 aliphatic rings. The predicted octanol–water partition coefficient (Wildman–Crippen LogP) is 4.16. The molecule has 0 aromatic carbocycles. The molecular weight excluding hydrogens is 572 g/mol. The molecule has 0 spiro atoms. The Bertz CT molecular complexity index is 1600. The van der Waals surface area contributed by atoms with Gasteiger partial charge in [0, 0.05) is 23.3 Å². The van der Waals surface area contributed by atoms with Crippen LogP contribution in [0.4, 0.5) is 0 Å². The molecule has 0 aliphatic carbocycles. The first kappa shape index (κ1) is 23.9. The predicted molar refractivity (Wildman–Crippen MR) is 137 cm³/mol. The number of aromatic nitrogens is 3. The van der Waals surface area contributed by atoms with Crippen molar-refractivity contribution in [2.24, 2.45) is 4.99 Å². The van der Waals surface area contributed by atoms with Crippen molar-refractivity contribution >= 4 is 62.4 Å². The number of thiazole rings is 1. The van der Waals surface area contributed by atoms with E-state index in [1.165, 1.54) is 34.4 Å². The number of hydrogen-bond acceptors (Lipinski definition) is 10. The van der Waals surface area contributed by atoms with E-state index < -0.39 is 12.0 Å². The first-order valence-electron chi connectivity index (χ1n) is 10.4. The molecule has 8 nitrogen and oxygen atoms in total. The van der Waals surface area contributed by atoms with Crippen molar-refractivity contribution < 1.29 is 13.9 Å². The standard InChI is InChI=1S/C23H17BrN4O4S3/c1-3-31-20(30)17-12(2)27-23-28(18(17)15-6-4-9-33-15)19(29)16(34-23)11-13-10-14(24)21(32-13)35-22-25-7-5-8-26-22/h4-11,18H,3H2,1-2H3/b16-11+. The summed E-state index contributed by atoms with van der Waals surface area (Å²) in [6.07, 6.45) is 4.99. The summed E-state index contributed by atoms with van der Waals surface area (Å²) in [6.45, 7) is 3.75. The molecule has 5 rings (SSSR count). The number of carbonyl (C=O) groups is 1. The molecule has 4 aromatic rings. The maximum atomic E-state index is 13.6. The van der Waals surface area contributed by atoms with E-state index in [4.69, 9.17) is 9.15 Å². The number of thiophene rings is 1. The van der Waals surface area contributed by atoms with Gasteiger partial charge in [-0.05, 0) is 65.1 Å². The monoisotopic (exact) mass is 588 g/mol. The zero-order valence-electron chi connectivity index (χ0n) is 18.4. The van der Waals surface area contributed by atoms with Crippen LogP contribution in [0.3, 0.4) is 0 Å². The molecule has 0 amide bonds. The highest BCUT2D eigenvalue weighted by molar-refractivity contribution is 9.10. The van der Waals surface area contributed by atoms with E-state index >= 15 is 0 Å². The Kier molecular flexibility index (Phi) is 6.87. The Labute approximate surface area is 219 Å². The summed E-state index contributed by atoms with van der Waals surface area (Å²) in [5, 5.41) is 3.04. The van der Waals surface area contributed by atoms with Crippen molar-refractivity contribution in [2.75, 3.05) is 6.61 Å². The fraction of sp³-hybridized carbons (Fsp3) is 0.174. The van der Waals surface area contributed by atoms with Crippen molar-refractivity contribution in [1.82, 2.24) is 14.5 Å². The normalized spacial score (nSPS) is 15.7. The van der Waals surface area contributed by atoms with E-state index in [1.54, 1.807) is 49.0 Å². The van der Waals surface area contributed by atoms with Crippen LogP contribution < -0.4 is 14.9 Å². The number of halogens is 1. The summed E-state index contributed by atoms with van der Waals surface area (Å²) in [5.74, 6) is 0.0239. The zero-order chi connectivity index (χ0) is 24.5. The number of hydrogen-bond donors (Lipinski definition) is 0. The third-order valence-electron chi connectivity index (χ3n) is 5.00. The Morgan fingerprint density at radius 3 is 2.86 bits per heavy atom. The highest BCUT2D eigenvalue weighted by Gasteiger charge is 2.33. The summed E-state index contributed by atoms with van der Waals surface area (Å²) in [7, 11) is 0. The van der Waals surface area contributed by atoms with Crippen LogP contribution in [0.1, 0.15) is 30.5 Å². The molecule has 0 fully saturated rings. The topological polar surface area (TPSA) is 99.6 Å². The molecule has 0 saturated heterocycles. The lowest BCUT2D eigenvalue weighted by atomic mass is 10.0. The molecule has 12 heteroatoms. The largest absolute Gasteiger partial charge is 0.463 e. The van der Waals surface area contributed by atoms with E-state index in [2.05, 4.69) is 30.9 Å². The van der Waals surface area contributed by atoms with Crippen LogP contribution in [0.15, 0.2) is 82.2 Å². The first-order chi connectivity index (χ1) is 17.0. The van der Waals surface area contributed by atoms with E-state index in [1.807, 2.05) is 17.5 Å². The van der Waals surface area contributed by atoms with Gasteiger partial charge in [-0.15, -0.1) is 11.3 Å². The summed E-state index contributed by atoms with van der Waals surface area (Å²) in [5.41, 5.74) is 0.655. The Morgan fingerprint density at radius 1 is 1.34 bits per heavy atom. The molecule has 178 valence electrons. The van der Waals surface area contributed by atoms with E-state index in [9.17, 15) is 9.59 Å². The lowest BCUT2D eigenvalue weighted by Crippen LogP contribution is -2.39. The summed E-state index contributed by atoms with van der Waals surface area (Å²) in [4.78, 5) is 40.8. The van der Waals surface area contributed by atoms with Crippen LogP contribution in [0.5, 0.6) is 0 Å². The highest BCUT2D eigenvalue weighted by Crippen LogP contribution is 2.35. The van der Waals surface area contributed by atoms with E-state index in [-0.39, 0.29) is 12.2 Å². The number of esters is 1. The van der Waals surface area contributed by atoms with Crippen molar-refractivity contribution in [2.45, 2.75) is 30.1 Å². The molecule has 35 heavy (non-hydrogen) atoms. The van der Waals surface area contributed by atoms with Gasteiger partial charge in [-0.25, -0.2) is 19.8 Å². The van der Waals surface area contributed by atoms with Crippen LogP contribution in [0, 0.1) is 0 Å². The molecule has 0 bridgehead atoms. The van der Waals surface area contributed by atoms with Gasteiger partial charge in [0.05, 0.1) is 26.9 Å². The van der Waals surface area contributed by atoms with Crippen LogP contribution in [0.25, 0.3) is 6.08 Å². The van der Waals surface area contributed by atoms with E-state index in [0.29, 0.717) is 36.6 Å². The molecule has 1 unspecified atom stereocenters. The van der Waals surface area contributed by atoms with Crippen molar-refractivity contribution in [3.05, 3.63) is 88.1 Å². The van der Waals surface area contributed by atoms with Gasteiger partial charge in [0.15, 0.2) is 15.1 Å². The summed E-state index contributed by atoms with van der Waals surface area (Å²) in [6, 6.07) is 6.73. The molecule has 1 aliphatic heterocycles. The molecule has 0 radical (unpaired) electrons. The van der Waals surface area contributed by atoms with Crippen molar-refractivity contribution in [3.63, 3.8) is 0 Å². The number of furan rings is 1. The van der Waals surface area contributed by atoms with Gasteiger partial charge in [-0.1, -0.05) is 17.4 Å². The van der Waals surface area contributed by atoms with Gasteiger partial charge in [0.1, 0.15) is 11.8 Å². The molecule has 0 N–H and O–H groups in total. The number of carbonyl (C=O) groups excluding carboxylic acids is 1. The SMILES string of the molecule is CCOC(=O)C1=C(C)N=c2s/c(=C/c3cc(Br)c(Sc4ncccn4)o3)c(=O)n2C1c1cccs1. The minimum Gasteiger partial charge on any atom is -0.463 e. The lowest BCUT2D eigenvalue weighted by molar-refractivity contribution is -0.139. The van der Waals surface area contributed by atoms with Gasteiger partial charge >= 0.3 is 5.97 Å². The molecular formula is C23H17BrN4O4S3. The van der Waals surface area contributed by atoms with Gasteiger partial charge < -0.3 is 9.15 Å². The fourth-order valence-electron chi connectivity index (χ4n) is 3.57. The number of rotatable bonds is 6. The Morgan fingerprint density at radius 2 is 2.14 bits per heavy atom. The van der Waals surface area contributed by atoms with Crippen LogP contribution in [0.2, 0.25) is 0 Å². The second-order valence-electron chi connectivity index (χ2n) is 7.24. The maximum absolute atomic E-state index is 13.6. The minimum absolute atomic E-state index is 0.235. The smallest absolute Gasteiger partial charge is 0.338 e.